The Morgan fingerprint density at radius 2 is 2.22 bits per heavy atom. The molecule has 2 aliphatic rings. The molecule has 0 amide bonds. The Labute approximate surface area is 109 Å². The Balaban J connectivity index is 1.96. The summed E-state index contributed by atoms with van der Waals surface area (Å²) < 4.78 is 10.6. The van der Waals surface area contributed by atoms with Crippen LogP contribution in [0.25, 0.3) is 0 Å². The van der Waals surface area contributed by atoms with Crippen LogP contribution in [-0.2, 0) is 14.3 Å². The highest BCUT2D eigenvalue weighted by Gasteiger charge is 2.41. The van der Waals surface area contributed by atoms with E-state index in [1.165, 1.54) is 0 Å². The average Bonchev–Trinajstić information content (AvgIpc) is 2.40. The summed E-state index contributed by atoms with van der Waals surface area (Å²) in [7, 11) is 0. The Morgan fingerprint density at radius 3 is 2.89 bits per heavy atom. The molecule has 2 unspecified atom stereocenters. The molecular weight excluding hydrogens is 232 g/mol. The second-order valence-corrected chi connectivity index (χ2v) is 5.35. The first-order valence-electron chi connectivity index (χ1n) is 6.88. The van der Waals surface area contributed by atoms with Crippen LogP contribution in [0.15, 0.2) is 0 Å². The predicted molar refractivity (Wildman–Crippen MR) is 68.2 cm³/mol. The lowest BCUT2D eigenvalue weighted by molar-refractivity contribution is -0.158. The highest BCUT2D eigenvalue weighted by Crippen LogP contribution is 2.33. The zero-order valence-corrected chi connectivity index (χ0v) is 11.4. The van der Waals surface area contributed by atoms with Crippen LogP contribution in [0.5, 0.6) is 0 Å². The molecule has 2 fully saturated rings. The van der Waals surface area contributed by atoms with Crippen molar-refractivity contribution in [2.24, 2.45) is 5.41 Å². The Kier molecular flexibility index (Phi) is 4.59. The van der Waals surface area contributed by atoms with E-state index in [1.54, 1.807) is 0 Å². The van der Waals surface area contributed by atoms with Crippen LogP contribution in [0.2, 0.25) is 0 Å². The van der Waals surface area contributed by atoms with Gasteiger partial charge in [-0.3, -0.25) is 9.69 Å². The van der Waals surface area contributed by atoms with Crippen LogP contribution in [0.4, 0.5) is 0 Å². The number of hydrogen-bond acceptors (Lipinski definition) is 5. The molecule has 0 aromatic carbocycles. The molecule has 0 aromatic rings. The second-order valence-electron chi connectivity index (χ2n) is 5.35. The van der Waals surface area contributed by atoms with E-state index in [0.717, 1.165) is 45.7 Å². The van der Waals surface area contributed by atoms with Gasteiger partial charge in [-0.25, -0.2) is 0 Å². The number of ether oxygens (including phenoxy) is 2. The molecule has 1 N–H and O–H groups in total. The van der Waals surface area contributed by atoms with E-state index in [2.05, 4.69) is 10.2 Å². The van der Waals surface area contributed by atoms with Gasteiger partial charge in [0.15, 0.2) is 0 Å². The maximum absolute atomic E-state index is 12.1. The van der Waals surface area contributed by atoms with E-state index in [1.807, 2.05) is 13.8 Å². The third-order valence-corrected chi connectivity index (χ3v) is 3.96. The first-order chi connectivity index (χ1) is 8.65. The maximum Gasteiger partial charge on any atom is 0.311 e. The lowest BCUT2D eigenvalue weighted by Gasteiger charge is -2.43. The van der Waals surface area contributed by atoms with Gasteiger partial charge < -0.3 is 14.8 Å². The fourth-order valence-corrected chi connectivity index (χ4v) is 2.75. The molecule has 2 saturated heterocycles. The summed E-state index contributed by atoms with van der Waals surface area (Å²) in [4.78, 5) is 14.4. The van der Waals surface area contributed by atoms with Crippen LogP contribution in [0.1, 0.15) is 26.7 Å². The Hall–Kier alpha value is -0.650. The molecule has 2 rings (SSSR count). The molecule has 0 aliphatic carbocycles. The lowest BCUT2D eigenvalue weighted by Crippen LogP contribution is -2.57. The summed E-state index contributed by atoms with van der Waals surface area (Å²) >= 11 is 0. The fraction of sp³-hybridized carbons (Fsp3) is 0.923. The van der Waals surface area contributed by atoms with Crippen molar-refractivity contribution in [2.75, 3.05) is 39.5 Å². The molecule has 5 nitrogen and oxygen atoms in total. The minimum Gasteiger partial charge on any atom is -0.466 e. The largest absolute Gasteiger partial charge is 0.466 e. The van der Waals surface area contributed by atoms with E-state index in [-0.39, 0.29) is 17.6 Å². The van der Waals surface area contributed by atoms with Gasteiger partial charge in [0.25, 0.3) is 0 Å². The first kappa shape index (κ1) is 13.8. The normalized spacial score (nSPS) is 34.2. The molecule has 0 spiro atoms. The number of nitrogens with one attached hydrogen (secondary N) is 1. The van der Waals surface area contributed by atoms with Crippen molar-refractivity contribution in [1.82, 2.24) is 10.2 Å². The summed E-state index contributed by atoms with van der Waals surface area (Å²) in [6, 6.07) is 0. The van der Waals surface area contributed by atoms with Gasteiger partial charge in [0.05, 0.1) is 31.4 Å². The molecule has 0 bridgehead atoms. The van der Waals surface area contributed by atoms with E-state index in [9.17, 15) is 4.79 Å². The second kappa shape index (κ2) is 5.99. The minimum atomic E-state index is -0.343. The van der Waals surface area contributed by atoms with Crippen molar-refractivity contribution in [3.05, 3.63) is 0 Å². The fourth-order valence-electron chi connectivity index (χ4n) is 2.75. The van der Waals surface area contributed by atoms with Gasteiger partial charge in [-0.05, 0) is 33.2 Å². The van der Waals surface area contributed by atoms with E-state index >= 15 is 0 Å². The molecule has 2 atom stereocenters. The molecule has 18 heavy (non-hydrogen) atoms. The number of carbonyl (C=O) groups is 1. The van der Waals surface area contributed by atoms with Gasteiger partial charge in [0, 0.05) is 13.1 Å². The summed E-state index contributed by atoms with van der Waals surface area (Å²) in [5.41, 5.74) is -0.343. The minimum absolute atomic E-state index is 0.0511. The summed E-state index contributed by atoms with van der Waals surface area (Å²) in [6.45, 7) is 8.68. The summed E-state index contributed by atoms with van der Waals surface area (Å²) in [5.74, 6) is -0.0511. The van der Waals surface area contributed by atoms with Gasteiger partial charge >= 0.3 is 5.97 Å². The van der Waals surface area contributed by atoms with Crippen molar-refractivity contribution < 1.29 is 14.3 Å². The summed E-state index contributed by atoms with van der Waals surface area (Å²) in [5, 5.41) is 3.50. The number of nitrogens with zero attached hydrogens (tertiary/aromatic N) is 1. The predicted octanol–water partition coefficient (Wildman–Crippen LogP) is 0.598. The van der Waals surface area contributed by atoms with Gasteiger partial charge in [-0.15, -0.1) is 0 Å². The first-order valence-corrected chi connectivity index (χ1v) is 6.88. The third-order valence-electron chi connectivity index (χ3n) is 3.96. The molecule has 0 radical (unpaired) electrons. The zero-order valence-electron chi connectivity index (χ0n) is 11.4. The Morgan fingerprint density at radius 1 is 1.50 bits per heavy atom. The zero-order chi connectivity index (χ0) is 13.0. The van der Waals surface area contributed by atoms with Gasteiger partial charge in [0.1, 0.15) is 0 Å². The maximum atomic E-state index is 12.1. The smallest absolute Gasteiger partial charge is 0.311 e. The quantitative estimate of drug-likeness (QED) is 0.749. The highest BCUT2D eigenvalue weighted by atomic mass is 16.5. The average molecular weight is 256 g/mol. The number of carbonyl (C=O) groups excluding carboxylic acids is 1. The third kappa shape index (κ3) is 3.02. The van der Waals surface area contributed by atoms with Crippen LogP contribution >= 0.6 is 0 Å². The topological polar surface area (TPSA) is 50.8 Å². The van der Waals surface area contributed by atoms with Gasteiger partial charge in [0.2, 0.25) is 0 Å². The van der Waals surface area contributed by atoms with Crippen molar-refractivity contribution in [3.63, 3.8) is 0 Å². The number of hydrogen-bond donors (Lipinski definition) is 1. The van der Waals surface area contributed by atoms with Crippen molar-refractivity contribution >= 4 is 5.97 Å². The van der Waals surface area contributed by atoms with E-state index in [0.29, 0.717) is 6.61 Å². The van der Waals surface area contributed by atoms with E-state index in [4.69, 9.17) is 9.47 Å². The number of esters is 1. The van der Waals surface area contributed by atoms with Crippen molar-refractivity contribution in [2.45, 2.75) is 32.9 Å². The van der Waals surface area contributed by atoms with Crippen LogP contribution in [0, 0.1) is 5.41 Å². The molecule has 104 valence electrons. The molecular formula is C13H24N2O3. The van der Waals surface area contributed by atoms with Crippen LogP contribution in [-0.4, -0.2) is 56.5 Å². The Bertz CT molecular complexity index is 292. The number of piperidine rings is 1. The lowest BCUT2D eigenvalue weighted by atomic mass is 9.79. The highest BCUT2D eigenvalue weighted by molar-refractivity contribution is 5.76. The monoisotopic (exact) mass is 256 g/mol. The van der Waals surface area contributed by atoms with Gasteiger partial charge in [-0.2, -0.15) is 0 Å². The number of morpholine rings is 1. The van der Waals surface area contributed by atoms with Crippen LogP contribution in [0.3, 0.4) is 0 Å². The standard InChI is InChI=1S/C13H24N2O3/c1-3-18-12(16)13(2)4-5-14-11(10-13)15-6-8-17-9-7-15/h11,14H,3-10H2,1-2H3. The van der Waals surface area contributed by atoms with Crippen LogP contribution < -0.4 is 5.32 Å². The van der Waals surface area contributed by atoms with Gasteiger partial charge in [-0.1, -0.05) is 0 Å². The molecule has 0 aromatic heterocycles. The van der Waals surface area contributed by atoms with Crippen molar-refractivity contribution in [3.8, 4) is 0 Å². The number of rotatable bonds is 3. The SMILES string of the molecule is CCOC(=O)C1(C)CCNC(N2CCOCC2)C1. The molecule has 5 heteroatoms. The van der Waals surface area contributed by atoms with E-state index < -0.39 is 0 Å². The molecule has 2 aliphatic heterocycles. The van der Waals surface area contributed by atoms with Crippen molar-refractivity contribution in [1.29, 1.82) is 0 Å². The molecule has 0 saturated carbocycles. The molecule has 2 heterocycles. The summed E-state index contributed by atoms with van der Waals surface area (Å²) in [6.07, 6.45) is 1.95.